The Morgan fingerprint density at radius 1 is 1.17 bits per heavy atom. The quantitative estimate of drug-likeness (QED) is 0.470. The molecule has 0 unspecified atom stereocenters. The summed E-state index contributed by atoms with van der Waals surface area (Å²) < 4.78 is 5.58. The maximum atomic E-state index is 12.1. The van der Waals surface area contributed by atoms with E-state index >= 15 is 0 Å². The second-order valence-electron chi connectivity index (χ2n) is 5.79. The number of nitrogens with zero attached hydrogens (tertiary/aromatic N) is 1. The number of nitrogens with one attached hydrogen (secondary N) is 1. The van der Waals surface area contributed by atoms with Gasteiger partial charge in [0.1, 0.15) is 5.75 Å². The van der Waals surface area contributed by atoms with E-state index in [0.717, 1.165) is 29.7 Å². The highest BCUT2D eigenvalue weighted by atomic mass is 16.5. The van der Waals surface area contributed by atoms with Crippen LogP contribution in [0.15, 0.2) is 47.6 Å². The second kappa shape index (κ2) is 8.87. The van der Waals surface area contributed by atoms with E-state index in [1.165, 1.54) is 5.56 Å². The van der Waals surface area contributed by atoms with Crippen molar-refractivity contribution in [3.63, 3.8) is 0 Å². The van der Waals surface area contributed by atoms with Crippen LogP contribution >= 0.6 is 0 Å². The first-order valence-electron chi connectivity index (χ1n) is 8.23. The van der Waals surface area contributed by atoms with Crippen molar-refractivity contribution in [3.8, 4) is 5.75 Å². The summed E-state index contributed by atoms with van der Waals surface area (Å²) in [5.41, 5.74) is 6.42. The molecule has 2 aromatic carbocycles. The number of hydrazone groups is 1. The molecule has 0 aliphatic carbocycles. The van der Waals surface area contributed by atoms with Crippen molar-refractivity contribution in [3.05, 3.63) is 64.7 Å². The smallest absolute Gasteiger partial charge is 0.271 e. The first kappa shape index (κ1) is 17.7. The van der Waals surface area contributed by atoms with Crippen LogP contribution in [0, 0.1) is 13.8 Å². The SMILES string of the molecule is CCCCOc1ccc(C(=O)NN=Cc2ccc(C)cc2C)cc1. The lowest BCUT2D eigenvalue weighted by Gasteiger charge is -2.06. The largest absolute Gasteiger partial charge is 0.494 e. The minimum Gasteiger partial charge on any atom is -0.494 e. The average molecular weight is 324 g/mol. The lowest BCUT2D eigenvalue weighted by atomic mass is 10.1. The molecule has 0 heterocycles. The second-order valence-corrected chi connectivity index (χ2v) is 5.79. The van der Waals surface area contributed by atoms with Crippen molar-refractivity contribution >= 4 is 12.1 Å². The zero-order valence-corrected chi connectivity index (χ0v) is 14.5. The summed E-state index contributed by atoms with van der Waals surface area (Å²) >= 11 is 0. The predicted molar refractivity (Wildman–Crippen MR) is 97.8 cm³/mol. The summed E-state index contributed by atoms with van der Waals surface area (Å²) in [4.78, 5) is 12.1. The Morgan fingerprint density at radius 2 is 1.92 bits per heavy atom. The molecule has 0 saturated heterocycles. The van der Waals surface area contributed by atoms with E-state index in [0.29, 0.717) is 12.2 Å². The number of carbonyl (C=O) groups is 1. The van der Waals surface area contributed by atoms with Crippen molar-refractivity contribution in [1.82, 2.24) is 5.43 Å². The van der Waals surface area contributed by atoms with Gasteiger partial charge in [0, 0.05) is 5.56 Å². The number of rotatable bonds is 7. The molecule has 0 bridgehead atoms. The Labute approximate surface area is 143 Å². The number of amides is 1. The Hall–Kier alpha value is -2.62. The van der Waals surface area contributed by atoms with Gasteiger partial charge in [0.2, 0.25) is 0 Å². The summed E-state index contributed by atoms with van der Waals surface area (Å²) in [6, 6.07) is 13.2. The third-order valence-electron chi connectivity index (χ3n) is 3.68. The van der Waals surface area contributed by atoms with Gasteiger partial charge in [-0.1, -0.05) is 37.1 Å². The molecule has 126 valence electrons. The molecule has 1 N–H and O–H groups in total. The number of ether oxygens (including phenoxy) is 1. The van der Waals surface area contributed by atoms with E-state index in [4.69, 9.17) is 4.74 Å². The normalized spacial score (nSPS) is 10.8. The van der Waals surface area contributed by atoms with Crippen LogP contribution in [0.1, 0.15) is 46.8 Å². The first-order valence-corrected chi connectivity index (χ1v) is 8.23. The van der Waals surface area contributed by atoms with Gasteiger partial charge in [0.05, 0.1) is 12.8 Å². The minimum atomic E-state index is -0.240. The molecule has 0 radical (unpaired) electrons. The fraction of sp³-hybridized carbons (Fsp3) is 0.300. The van der Waals surface area contributed by atoms with E-state index in [2.05, 4.69) is 23.5 Å². The van der Waals surface area contributed by atoms with Gasteiger partial charge < -0.3 is 4.74 Å². The van der Waals surface area contributed by atoms with Crippen LogP contribution in [-0.2, 0) is 0 Å². The molecule has 4 heteroatoms. The van der Waals surface area contributed by atoms with Gasteiger partial charge in [0.25, 0.3) is 5.91 Å². The van der Waals surface area contributed by atoms with Crippen LogP contribution in [0.25, 0.3) is 0 Å². The van der Waals surface area contributed by atoms with Crippen LogP contribution in [0.4, 0.5) is 0 Å². The summed E-state index contributed by atoms with van der Waals surface area (Å²) in [6.45, 7) is 6.89. The highest BCUT2D eigenvalue weighted by Gasteiger charge is 2.04. The van der Waals surface area contributed by atoms with Gasteiger partial charge in [-0.3, -0.25) is 4.79 Å². The summed E-state index contributed by atoms with van der Waals surface area (Å²) in [5, 5.41) is 4.04. The summed E-state index contributed by atoms with van der Waals surface area (Å²) in [7, 11) is 0. The summed E-state index contributed by atoms with van der Waals surface area (Å²) in [5.74, 6) is 0.537. The zero-order chi connectivity index (χ0) is 17.4. The molecular weight excluding hydrogens is 300 g/mol. The highest BCUT2D eigenvalue weighted by Crippen LogP contribution is 2.13. The van der Waals surface area contributed by atoms with Gasteiger partial charge in [-0.15, -0.1) is 0 Å². The molecule has 0 spiro atoms. The van der Waals surface area contributed by atoms with Crippen molar-refractivity contribution < 1.29 is 9.53 Å². The number of aryl methyl sites for hydroxylation is 2. The molecule has 0 fully saturated rings. The van der Waals surface area contributed by atoms with Crippen molar-refractivity contribution in [1.29, 1.82) is 0 Å². The topological polar surface area (TPSA) is 50.7 Å². The number of hydrogen-bond donors (Lipinski definition) is 1. The lowest BCUT2D eigenvalue weighted by molar-refractivity contribution is 0.0955. The molecule has 0 atom stereocenters. The summed E-state index contributed by atoms with van der Waals surface area (Å²) in [6.07, 6.45) is 3.78. The Bertz CT molecular complexity index is 706. The minimum absolute atomic E-state index is 0.240. The number of carbonyl (C=O) groups excluding carboxylic acids is 1. The zero-order valence-electron chi connectivity index (χ0n) is 14.5. The fourth-order valence-corrected chi connectivity index (χ4v) is 2.23. The molecule has 2 rings (SSSR count). The van der Waals surface area contributed by atoms with Gasteiger partial charge in [-0.2, -0.15) is 5.10 Å². The lowest BCUT2D eigenvalue weighted by Crippen LogP contribution is -2.17. The Morgan fingerprint density at radius 3 is 2.58 bits per heavy atom. The van der Waals surface area contributed by atoms with E-state index in [-0.39, 0.29) is 5.91 Å². The molecule has 1 amide bonds. The predicted octanol–water partition coefficient (Wildman–Crippen LogP) is 4.25. The standard InChI is InChI=1S/C20H24N2O2/c1-4-5-12-24-19-10-8-17(9-11-19)20(23)22-21-14-18-7-6-15(2)13-16(18)3/h6-11,13-14H,4-5,12H2,1-3H3,(H,22,23). The van der Waals surface area contributed by atoms with Gasteiger partial charge >= 0.3 is 0 Å². The number of unbranched alkanes of at least 4 members (excludes halogenated alkanes) is 1. The molecular formula is C20H24N2O2. The monoisotopic (exact) mass is 324 g/mol. The number of benzene rings is 2. The molecule has 4 nitrogen and oxygen atoms in total. The van der Waals surface area contributed by atoms with E-state index < -0.39 is 0 Å². The highest BCUT2D eigenvalue weighted by molar-refractivity contribution is 5.95. The first-order chi connectivity index (χ1) is 11.6. The van der Waals surface area contributed by atoms with Gasteiger partial charge in [-0.05, 0) is 55.7 Å². The van der Waals surface area contributed by atoms with Gasteiger partial charge in [0.15, 0.2) is 0 Å². The average Bonchev–Trinajstić information content (AvgIpc) is 2.57. The van der Waals surface area contributed by atoms with E-state index in [1.807, 2.05) is 26.0 Å². The Kier molecular flexibility index (Phi) is 6.55. The van der Waals surface area contributed by atoms with Crippen molar-refractivity contribution in [2.75, 3.05) is 6.61 Å². The third-order valence-corrected chi connectivity index (χ3v) is 3.68. The van der Waals surface area contributed by atoms with Gasteiger partial charge in [-0.25, -0.2) is 5.43 Å². The fourth-order valence-electron chi connectivity index (χ4n) is 2.23. The van der Waals surface area contributed by atoms with E-state index in [1.54, 1.807) is 30.5 Å². The third kappa shape index (κ3) is 5.23. The molecule has 0 saturated carbocycles. The maximum Gasteiger partial charge on any atom is 0.271 e. The van der Waals surface area contributed by atoms with Crippen molar-refractivity contribution in [2.24, 2.45) is 5.10 Å². The molecule has 24 heavy (non-hydrogen) atoms. The van der Waals surface area contributed by atoms with Crippen LogP contribution in [0.5, 0.6) is 5.75 Å². The maximum absolute atomic E-state index is 12.1. The molecule has 0 aromatic heterocycles. The van der Waals surface area contributed by atoms with Crippen LogP contribution in [0.3, 0.4) is 0 Å². The van der Waals surface area contributed by atoms with Crippen molar-refractivity contribution in [2.45, 2.75) is 33.6 Å². The molecule has 0 aliphatic rings. The van der Waals surface area contributed by atoms with Crippen LogP contribution < -0.4 is 10.2 Å². The van der Waals surface area contributed by atoms with Crippen LogP contribution in [-0.4, -0.2) is 18.7 Å². The van der Waals surface area contributed by atoms with Crippen LogP contribution in [0.2, 0.25) is 0 Å². The Balaban J connectivity index is 1.91. The molecule has 2 aromatic rings. The molecule has 0 aliphatic heterocycles. The van der Waals surface area contributed by atoms with E-state index in [9.17, 15) is 4.79 Å². The number of hydrogen-bond acceptors (Lipinski definition) is 3.